The third-order valence-electron chi connectivity index (χ3n) is 2.15. The zero-order valence-corrected chi connectivity index (χ0v) is 11.7. The van der Waals surface area contributed by atoms with Gasteiger partial charge in [-0.25, -0.2) is 4.39 Å². The molecule has 0 fully saturated rings. The van der Waals surface area contributed by atoms with E-state index in [1.54, 1.807) is 6.07 Å². The largest absolute Gasteiger partial charge is 0.205 e. The molecule has 0 heterocycles. The van der Waals surface area contributed by atoms with E-state index in [1.165, 1.54) is 6.07 Å². The highest BCUT2D eigenvalue weighted by atomic mass is 35.5. The third-order valence-corrected chi connectivity index (χ3v) is 2.45. The highest BCUT2D eigenvalue weighted by Crippen LogP contribution is 2.23. The molecule has 92 valence electrons. The van der Waals surface area contributed by atoms with Gasteiger partial charge in [-0.1, -0.05) is 52.3 Å². The van der Waals surface area contributed by atoms with Crippen molar-refractivity contribution in [3.63, 3.8) is 0 Å². The van der Waals surface area contributed by atoms with Crippen molar-refractivity contribution in [2.75, 3.05) is 0 Å². The van der Waals surface area contributed by atoms with E-state index >= 15 is 0 Å². The van der Waals surface area contributed by atoms with Crippen LogP contribution in [-0.2, 0) is 6.42 Å². The van der Waals surface area contributed by atoms with Crippen LogP contribution in [0.4, 0.5) is 4.39 Å². The molecule has 1 aromatic carbocycles. The molecule has 0 spiro atoms. The molecule has 0 nitrogen and oxygen atoms in total. The molecule has 0 amide bonds. The molecule has 0 aliphatic heterocycles. The van der Waals surface area contributed by atoms with Crippen molar-refractivity contribution in [3.8, 4) is 0 Å². The monoisotopic (exact) mass is 244 g/mol. The molecule has 2 heteroatoms. The highest BCUT2D eigenvalue weighted by molar-refractivity contribution is 6.30. The molecular weight excluding hydrogens is 223 g/mol. The number of rotatable bonds is 2. The highest BCUT2D eigenvalue weighted by Gasteiger charge is 2.10. The van der Waals surface area contributed by atoms with Crippen LogP contribution in [0.2, 0.25) is 5.02 Å². The summed E-state index contributed by atoms with van der Waals surface area (Å²) in [6, 6.07) is 5.03. The Bertz CT molecular complexity index is 313. The van der Waals surface area contributed by atoms with E-state index in [2.05, 4.69) is 20.8 Å². The standard InChI is InChI=1S/C12H16ClF.C2H6/c1-12(2,3)7-6-9-4-5-10(13)11(14)8-9;1-2/h4-5,8H,6-7H2,1-3H3;1-2H3. The van der Waals surface area contributed by atoms with Crippen molar-refractivity contribution in [2.24, 2.45) is 5.41 Å². The number of aryl methyl sites for hydroxylation is 1. The van der Waals surface area contributed by atoms with E-state index in [4.69, 9.17) is 11.6 Å². The van der Waals surface area contributed by atoms with Crippen LogP contribution in [-0.4, -0.2) is 0 Å². The third kappa shape index (κ3) is 6.12. The molecule has 1 aromatic rings. The van der Waals surface area contributed by atoms with Gasteiger partial charge in [0.05, 0.1) is 5.02 Å². The molecule has 0 aliphatic rings. The Morgan fingerprint density at radius 1 is 1.19 bits per heavy atom. The SMILES string of the molecule is CC.CC(C)(C)CCc1ccc(Cl)c(F)c1. The minimum atomic E-state index is -0.321. The zero-order valence-electron chi connectivity index (χ0n) is 10.9. The van der Waals surface area contributed by atoms with E-state index < -0.39 is 0 Å². The molecule has 16 heavy (non-hydrogen) atoms. The van der Waals surface area contributed by atoms with Gasteiger partial charge in [-0.15, -0.1) is 0 Å². The van der Waals surface area contributed by atoms with Crippen LogP contribution in [0.5, 0.6) is 0 Å². The fourth-order valence-corrected chi connectivity index (χ4v) is 1.33. The summed E-state index contributed by atoms with van der Waals surface area (Å²) in [5.41, 5.74) is 1.30. The molecule has 0 N–H and O–H groups in total. The lowest BCUT2D eigenvalue weighted by molar-refractivity contribution is 0.378. The molecule has 0 saturated carbocycles. The Hall–Kier alpha value is -0.560. The molecule has 0 unspecified atom stereocenters. The van der Waals surface area contributed by atoms with Gasteiger partial charge in [0.1, 0.15) is 5.82 Å². The summed E-state index contributed by atoms with van der Waals surface area (Å²) < 4.78 is 13.1. The van der Waals surface area contributed by atoms with Crippen molar-refractivity contribution >= 4 is 11.6 Å². The Kier molecular flexibility index (Phi) is 6.66. The van der Waals surface area contributed by atoms with Crippen molar-refractivity contribution in [3.05, 3.63) is 34.6 Å². The second-order valence-electron chi connectivity index (χ2n) is 4.81. The molecule has 0 aliphatic carbocycles. The number of benzene rings is 1. The van der Waals surface area contributed by atoms with Crippen LogP contribution in [0.25, 0.3) is 0 Å². The average molecular weight is 245 g/mol. The normalized spacial score (nSPS) is 10.7. The first-order valence-electron chi connectivity index (χ1n) is 5.82. The first-order chi connectivity index (χ1) is 7.38. The van der Waals surface area contributed by atoms with Crippen LogP contribution in [0, 0.1) is 11.2 Å². The molecule has 0 aromatic heterocycles. The minimum Gasteiger partial charge on any atom is -0.205 e. The van der Waals surface area contributed by atoms with Gasteiger partial charge in [0.25, 0.3) is 0 Å². The lowest BCUT2D eigenvalue weighted by atomic mass is 9.89. The number of hydrogen-bond acceptors (Lipinski definition) is 0. The molecule has 0 atom stereocenters. The van der Waals surface area contributed by atoms with Crippen molar-refractivity contribution in [1.29, 1.82) is 0 Å². The summed E-state index contributed by atoms with van der Waals surface area (Å²) in [4.78, 5) is 0. The van der Waals surface area contributed by atoms with Crippen LogP contribution < -0.4 is 0 Å². The smallest absolute Gasteiger partial charge is 0.142 e. The Morgan fingerprint density at radius 2 is 1.75 bits per heavy atom. The fourth-order valence-electron chi connectivity index (χ4n) is 1.21. The minimum absolute atomic E-state index is 0.199. The number of halogens is 2. The van der Waals surface area contributed by atoms with Crippen LogP contribution in [0.15, 0.2) is 18.2 Å². The lowest BCUT2D eigenvalue weighted by Gasteiger charge is -2.17. The first-order valence-corrected chi connectivity index (χ1v) is 6.20. The van der Waals surface area contributed by atoms with Crippen LogP contribution >= 0.6 is 11.6 Å². The lowest BCUT2D eigenvalue weighted by Crippen LogP contribution is -2.06. The van der Waals surface area contributed by atoms with E-state index in [0.29, 0.717) is 0 Å². The maximum absolute atomic E-state index is 13.1. The van der Waals surface area contributed by atoms with Gasteiger partial charge in [-0.05, 0) is 36.0 Å². The molecular formula is C14H22ClF. The maximum atomic E-state index is 13.1. The Morgan fingerprint density at radius 3 is 2.19 bits per heavy atom. The number of hydrogen-bond donors (Lipinski definition) is 0. The second-order valence-corrected chi connectivity index (χ2v) is 5.22. The van der Waals surface area contributed by atoms with Gasteiger partial charge in [-0.3, -0.25) is 0 Å². The summed E-state index contributed by atoms with van der Waals surface area (Å²) in [5.74, 6) is -0.321. The van der Waals surface area contributed by atoms with Gasteiger partial charge in [0.2, 0.25) is 0 Å². The Labute approximate surface area is 104 Å². The quantitative estimate of drug-likeness (QED) is 0.646. The molecule has 0 bridgehead atoms. The van der Waals surface area contributed by atoms with Gasteiger partial charge < -0.3 is 0 Å². The summed E-state index contributed by atoms with van der Waals surface area (Å²) >= 11 is 5.60. The molecule has 0 saturated heterocycles. The average Bonchev–Trinajstić information content (AvgIpc) is 2.22. The summed E-state index contributed by atoms with van der Waals surface area (Å²) in [7, 11) is 0. The molecule has 1 rings (SSSR count). The van der Waals surface area contributed by atoms with E-state index in [9.17, 15) is 4.39 Å². The predicted octanol–water partition coefficient (Wildman–Crippen LogP) is 5.48. The molecule has 0 radical (unpaired) electrons. The fraction of sp³-hybridized carbons (Fsp3) is 0.571. The van der Waals surface area contributed by atoms with Crippen molar-refractivity contribution in [2.45, 2.75) is 47.5 Å². The van der Waals surface area contributed by atoms with Crippen LogP contribution in [0.1, 0.15) is 46.6 Å². The van der Waals surface area contributed by atoms with Crippen LogP contribution in [0.3, 0.4) is 0 Å². The van der Waals surface area contributed by atoms with Gasteiger partial charge in [0, 0.05) is 0 Å². The Balaban J connectivity index is 0.00000106. The zero-order chi connectivity index (χ0) is 12.8. The van der Waals surface area contributed by atoms with Gasteiger partial charge in [0.15, 0.2) is 0 Å². The maximum Gasteiger partial charge on any atom is 0.142 e. The van der Waals surface area contributed by atoms with E-state index in [-0.39, 0.29) is 16.3 Å². The van der Waals surface area contributed by atoms with Crippen molar-refractivity contribution < 1.29 is 4.39 Å². The topological polar surface area (TPSA) is 0 Å². The van der Waals surface area contributed by atoms with Gasteiger partial charge in [-0.2, -0.15) is 0 Å². The summed E-state index contributed by atoms with van der Waals surface area (Å²) in [6.45, 7) is 10.5. The van der Waals surface area contributed by atoms with E-state index in [1.807, 2.05) is 19.9 Å². The summed E-state index contributed by atoms with van der Waals surface area (Å²) in [6.07, 6.45) is 1.95. The van der Waals surface area contributed by atoms with Crippen molar-refractivity contribution in [1.82, 2.24) is 0 Å². The van der Waals surface area contributed by atoms with Gasteiger partial charge >= 0.3 is 0 Å². The second kappa shape index (κ2) is 6.90. The summed E-state index contributed by atoms with van der Waals surface area (Å²) in [5, 5.41) is 0.199. The predicted molar refractivity (Wildman–Crippen MR) is 70.5 cm³/mol. The first kappa shape index (κ1) is 15.4. The van der Waals surface area contributed by atoms with E-state index in [0.717, 1.165) is 18.4 Å².